The van der Waals surface area contributed by atoms with Crippen molar-refractivity contribution in [2.75, 3.05) is 32.8 Å². The first-order chi connectivity index (χ1) is 18.8. The van der Waals surface area contributed by atoms with Crippen LogP contribution in [0.1, 0.15) is 23.5 Å². The summed E-state index contributed by atoms with van der Waals surface area (Å²) in [4.78, 5) is 33.3. The number of likely N-dealkylation sites (tertiary alicyclic amines) is 1. The molecule has 0 radical (unpaired) electrons. The zero-order valence-electron chi connectivity index (χ0n) is 20.7. The van der Waals surface area contributed by atoms with Crippen molar-refractivity contribution in [2.45, 2.75) is 30.9 Å². The summed E-state index contributed by atoms with van der Waals surface area (Å²) in [6.07, 6.45) is -1.50. The third-order valence-electron chi connectivity index (χ3n) is 5.90. The van der Waals surface area contributed by atoms with E-state index in [1.54, 1.807) is 5.38 Å². The van der Waals surface area contributed by atoms with Crippen molar-refractivity contribution in [3.63, 3.8) is 0 Å². The van der Waals surface area contributed by atoms with Gasteiger partial charge in [-0.2, -0.15) is 0 Å². The lowest BCUT2D eigenvalue weighted by molar-refractivity contribution is -0.267. The first-order valence-corrected chi connectivity index (χ1v) is 13.0. The van der Waals surface area contributed by atoms with Crippen molar-refractivity contribution in [3.05, 3.63) is 62.5 Å². The molecule has 2 aliphatic rings. The molecule has 0 bridgehead atoms. The Labute approximate surface area is 233 Å². The molecule has 0 unspecified atom stereocenters. The maximum Gasteiger partial charge on any atom is 0.338 e. The number of aliphatic imine (C=N–C) groups is 1. The van der Waals surface area contributed by atoms with Crippen molar-refractivity contribution in [3.8, 4) is 0 Å². The van der Waals surface area contributed by atoms with E-state index in [1.807, 2.05) is 0 Å². The summed E-state index contributed by atoms with van der Waals surface area (Å²) in [7, 11) is 0. The second-order valence-electron chi connectivity index (χ2n) is 8.87. The lowest BCUT2D eigenvalue weighted by Gasteiger charge is -2.43. The topological polar surface area (TPSA) is 113 Å². The van der Waals surface area contributed by atoms with E-state index < -0.39 is 68.0 Å². The second-order valence-corrected chi connectivity index (χ2v) is 10.2. The minimum Gasteiger partial charge on any atom is -0.480 e. The van der Waals surface area contributed by atoms with Crippen molar-refractivity contribution in [2.24, 2.45) is 4.99 Å². The molecule has 1 aromatic heterocycles. The highest BCUT2D eigenvalue weighted by atomic mass is 35.5. The monoisotopic (exact) mass is 608 g/mol. The molecule has 2 aliphatic heterocycles. The Hall–Kier alpha value is -3.14. The number of carboxylic acids is 1. The number of amidine groups is 1. The van der Waals surface area contributed by atoms with Crippen LogP contribution in [0.2, 0.25) is 5.02 Å². The number of nitrogens with zero attached hydrogens (tertiary/aromatic N) is 3. The molecule has 0 spiro atoms. The fourth-order valence-corrected chi connectivity index (χ4v) is 5.29. The molecule has 2 aromatic rings. The van der Waals surface area contributed by atoms with Crippen LogP contribution < -0.4 is 5.32 Å². The first kappa shape index (κ1) is 29.8. The number of halogens is 6. The maximum atomic E-state index is 14.9. The van der Waals surface area contributed by atoms with E-state index in [0.717, 1.165) is 23.5 Å². The van der Waals surface area contributed by atoms with E-state index in [0.29, 0.717) is 9.91 Å². The standard InChI is InChI=1S/C24H22ClF5N4O5S/c1-2-38-21(37)17-15(8-34-10-23(27,28)22(24(29,30)11-34)39-9-16(35)36)32-19(20-31-5-6-40-20)33-18(17)13-4-3-12(26)7-14(13)25/h3-7,18,22H,2,8-11H2,1H3,(H,32,33)(H,35,36)/t18-/m0/s1. The van der Waals surface area contributed by atoms with Crippen LogP contribution in [0.5, 0.6) is 0 Å². The van der Waals surface area contributed by atoms with E-state index >= 15 is 0 Å². The highest BCUT2D eigenvalue weighted by Gasteiger charge is 2.61. The number of nitrogens with one attached hydrogen (secondary N) is 1. The molecule has 1 atom stereocenters. The number of carbonyl (C=O) groups is 2. The summed E-state index contributed by atoms with van der Waals surface area (Å²) in [6, 6.07) is 2.16. The molecular weight excluding hydrogens is 587 g/mol. The Kier molecular flexibility index (Phi) is 8.77. The minimum atomic E-state index is -4.15. The molecule has 3 heterocycles. The van der Waals surface area contributed by atoms with Crippen LogP contribution in [0, 0.1) is 5.82 Å². The summed E-state index contributed by atoms with van der Waals surface area (Å²) in [5, 5.41) is 13.4. The number of thiazole rings is 1. The molecule has 4 rings (SSSR count). The molecule has 216 valence electrons. The largest absolute Gasteiger partial charge is 0.480 e. The van der Waals surface area contributed by atoms with Gasteiger partial charge in [0.05, 0.1) is 25.3 Å². The normalized spacial score (nSPS) is 21.1. The van der Waals surface area contributed by atoms with Crippen LogP contribution >= 0.6 is 22.9 Å². The van der Waals surface area contributed by atoms with Gasteiger partial charge in [-0.05, 0) is 19.1 Å². The summed E-state index contributed by atoms with van der Waals surface area (Å²) >= 11 is 7.44. The van der Waals surface area contributed by atoms with Gasteiger partial charge in [0.1, 0.15) is 18.5 Å². The smallest absolute Gasteiger partial charge is 0.338 e. The predicted octanol–water partition coefficient (Wildman–Crippen LogP) is 3.90. The molecule has 1 fully saturated rings. The molecule has 9 nitrogen and oxygen atoms in total. The van der Waals surface area contributed by atoms with Crippen molar-refractivity contribution in [1.82, 2.24) is 15.2 Å². The van der Waals surface area contributed by atoms with Crippen LogP contribution in [0.3, 0.4) is 0 Å². The van der Waals surface area contributed by atoms with E-state index in [-0.39, 0.29) is 34.3 Å². The van der Waals surface area contributed by atoms with Gasteiger partial charge in [0.25, 0.3) is 11.8 Å². The van der Waals surface area contributed by atoms with E-state index in [4.69, 9.17) is 21.4 Å². The zero-order chi connectivity index (χ0) is 29.2. The number of aromatic nitrogens is 1. The number of esters is 1. The third kappa shape index (κ3) is 6.43. The Morgan fingerprint density at radius 1 is 1.25 bits per heavy atom. The number of benzene rings is 1. The maximum absolute atomic E-state index is 14.9. The van der Waals surface area contributed by atoms with Crippen LogP contribution in [0.4, 0.5) is 22.0 Å². The number of piperidine rings is 1. The number of alkyl halides is 4. The minimum absolute atomic E-state index is 0.0784. The first-order valence-electron chi connectivity index (χ1n) is 11.7. The fourth-order valence-electron chi connectivity index (χ4n) is 4.43. The number of hydrogen-bond acceptors (Lipinski definition) is 9. The average molecular weight is 609 g/mol. The van der Waals surface area contributed by atoms with Crippen molar-refractivity contribution < 1.29 is 46.1 Å². The average Bonchev–Trinajstić information content (AvgIpc) is 3.37. The van der Waals surface area contributed by atoms with E-state index in [2.05, 4.69) is 20.0 Å². The molecule has 2 N–H and O–H groups in total. The quantitative estimate of drug-likeness (QED) is 0.326. The zero-order valence-corrected chi connectivity index (χ0v) is 22.2. The van der Waals surface area contributed by atoms with Crippen LogP contribution in [0.15, 0.2) is 46.0 Å². The van der Waals surface area contributed by atoms with Crippen LogP contribution in [-0.4, -0.2) is 83.6 Å². The second kappa shape index (κ2) is 11.8. The van der Waals surface area contributed by atoms with Gasteiger partial charge in [-0.15, -0.1) is 11.3 Å². The van der Waals surface area contributed by atoms with Gasteiger partial charge in [-0.3, -0.25) is 9.89 Å². The highest BCUT2D eigenvalue weighted by molar-refractivity contribution is 7.11. The molecular formula is C24H22ClF5N4O5S. The third-order valence-corrected chi connectivity index (χ3v) is 7.01. The van der Waals surface area contributed by atoms with E-state index in [1.165, 1.54) is 19.2 Å². The highest BCUT2D eigenvalue weighted by Crippen LogP contribution is 2.41. The Bertz CT molecular complexity index is 1320. The number of rotatable bonds is 9. The Morgan fingerprint density at radius 2 is 1.95 bits per heavy atom. The Morgan fingerprint density at radius 3 is 2.52 bits per heavy atom. The van der Waals surface area contributed by atoms with Gasteiger partial charge in [0, 0.05) is 34.4 Å². The molecule has 40 heavy (non-hydrogen) atoms. The predicted molar refractivity (Wildman–Crippen MR) is 133 cm³/mol. The van der Waals surface area contributed by atoms with Gasteiger partial charge in [0.15, 0.2) is 16.9 Å². The number of hydrogen-bond donors (Lipinski definition) is 2. The summed E-state index contributed by atoms with van der Waals surface area (Å²) in [5.41, 5.74) is -0.109. The summed E-state index contributed by atoms with van der Waals surface area (Å²) in [5.74, 6) is -11.5. The van der Waals surface area contributed by atoms with Crippen LogP contribution in [0.25, 0.3) is 0 Å². The molecule has 16 heteroatoms. The van der Waals surface area contributed by atoms with Gasteiger partial charge in [-0.1, -0.05) is 17.7 Å². The molecule has 0 aliphatic carbocycles. The van der Waals surface area contributed by atoms with Gasteiger partial charge >= 0.3 is 11.9 Å². The molecule has 0 saturated carbocycles. The van der Waals surface area contributed by atoms with E-state index in [9.17, 15) is 31.5 Å². The molecule has 1 saturated heterocycles. The number of ether oxygens (including phenoxy) is 2. The SMILES string of the molecule is CCOC(=O)C1=C(CN2CC(F)(F)C(OCC(=O)O)C(F)(F)C2)NC(c2nccs2)=N[C@H]1c1ccc(F)cc1Cl. The lowest BCUT2D eigenvalue weighted by Crippen LogP contribution is -2.64. The summed E-state index contributed by atoms with van der Waals surface area (Å²) < 4.78 is 82.9. The summed E-state index contributed by atoms with van der Waals surface area (Å²) in [6.45, 7) is -2.97. The van der Waals surface area contributed by atoms with Crippen LogP contribution in [-0.2, 0) is 19.1 Å². The Balaban J connectivity index is 1.76. The lowest BCUT2D eigenvalue weighted by atomic mass is 9.94. The molecule has 0 amide bonds. The van der Waals surface area contributed by atoms with Gasteiger partial charge in [0.2, 0.25) is 0 Å². The van der Waals surface area contributed by atoms with Crippen molar-refractivity contribution >= 4 is 40.7 Å². The van der Waals surface area contributed by atoms with Crippen molar-refractivity contribution in [1.29, 1.82) is 0 Å². The number of carboxylic acid groups (broad SMARTS) is 1. The van der Waals surface area contributed by atoms with Gasteiger partial charge in [-0.25, -0.2) is 36.5 Å². The fraction of sp³-hybridized carbons (Fsp3) is 0.417. The van der Waals surface area contributed by atoms with Gasteiger partial charge < -0.3 is 19.9 Å². The molecule has 1 aromatic carbocycles. The number of carbonyl (C=O) groups excluding carboxylic acids is 1. The number of aliphatic carboxylic acids is 1.